The number of nitrogens with two attached hydrogens (primary N) is 1. The van der Waals surface area contributed by atoms with E-state index in [1.165, 1.54) is 17.5 Å². The minimum atomic E-state index is -0.335. The van der Waals surface area contributed by atoms with E-state index in [4.69, 9.17) is 5.73 Å². The summed E-state index contributed by atoms with van der Waals surface area (Å²) in [5, 5.41) is 5.26. The molecular formula is C15H14N6OS. The molecule has 3 rings (SSSR count). The van der Waals surface area contributed by atoms with E-state index in [2.05, 4.69) is 25.3 Å². The highest BCUT2D eigenvalue weighted by atomic mass is 32.1. The number of hydrogen-bond acceptors (Lipinski definition) is 7. The maximum absolute atomic E-state index is 12.2. The van der Waals surface area contributed by atoms with Gasteiger partial charge in [0.05, 0.1) is 17.8 Å². The lowest BCUT2D eigenvalue weighted by molar-refractivity contribution is 0.0950. The quantitative estimate of drug-likeness (QED) is 0.757. The second kappa shape index (κ2) is 6.49. The van der Waals surface area contributed by atoms with Gasteiger partial charge in [0.2, 0.25) is 0 Å². The number of pyridine rings is 1. The van der Waals surface area contributed by atoms with Gasteiger partial charge in [-0.15, -0.1) is 11.3 Å². The Morgan fingerprint density at radius 2 is 2.17 bits per heavy atom. The van der Waals surface area contributed by atoms with Gasteiger partial charge in [-0.3, -0.25) is 9.78 Å². The molecule has 3 heterocycles. The molecular weight excluding hydrogens is 312 g/mol. The van der Waals surface area contributed by atoms with Gasteiger partial charge in [-0.25, -0.2) is 15.0 Å². The lowest BCUT2D eigenvalue weighted by Gasteiger charge is -2.08. The summed E-state index contributed by atoms with van der Waals surface area (Å²) in [5.41, 5.74) is 7.93. The number of carbonyl (C=O) groups is 1. The fourth-order valence-corrected chi connectivity index (χ4v) is 2.55. The summed E-state index contributed by atoms with van der Waals surface area (Å²) >= 11 is 1.41. The highest BCUT2D eigenvalue weighted by molar-refractivity contribution is 7.13. The van der Waals surface area contributed by atoms with Crippen molar-refractivity contribution in [1.82, 2.24) is 25.3 Å². The van der Waals surface area contributed by atoms with Crippen LogP contribution < -0.4 is 11.1 Å². The molecule has 0 unspecified atom stereocenters. The molecule has 0 aliphatic rings. The number of aryl methyl sites for hydroxylation is 1. The van der Waals surface area contributed by atoms with Gasteiger partial charge in [0.1, 0.15) is 5.82 Å². The standard InChI is InChI=1S/C15H14N6OS/c1-9-3-2-4-17-11(9)8-20-14(22)10-7-19-13(21-12(10)16)15-18-5-6-23-15/h2-7H,8H2,1H3,(H,20,22)(H2,16,19,21). The summed E-state index contributed by atoms with van der Waals surface area (Å²) in [4.78, 5) is 28.9. The van der Waals surface area contributed by atoms with Crippen LogP contribution in [0.4, 0.5) is 5.82 Å². The Bertz CT molecular complexity index is 834. The Morgan fingerprint density at radius 1 is 1.30 bits per heavy atom. The molecule has 3 aromatic rings. The molecule has 7 nitrogen and oxygen atoms in total. The first-order valence-electron chi connectivity index (χ1n) is 6.86. The average Bonchev–Trinajstić information content (AvgIpc) is 3.08. The summed E-state index contributed by atoms with van der Waals surface area (Å²) in [7, 11) is 0. The van der Waals surface area contributed by atoms with Crippen molar-refractivity contribution in [3.63, 3.8) is 0 Å². The average molecular weight is 326 g/mol. The van der Waals surface area contributed by atoms with Gasteiger partial charge in [-0.2, -0.15) is 0 Å². The molecule has 0 fully saturated rings. The van der Waals surface area contributed by atoms with Crippen LogP contribution in [0.15, 0.2) is 36.1 Å². The summed E-state index contributed by atoms with van der Waals surface area (Å²) in [6, 6.07) is 3.79. The number of carbonyl (C=O) groups excluding carboxylic acids is 1. The summed E-state index contributed by atoms with van der Waals surface area (Å²) in [5.74, 6) is 0.202. The molecule has 0 aliphatic carbocycles. The Kier molecular flexibility index (Phi) is 4.24. The van der Waals surface area contributed by atoms with E-state index >= 15 is 0 Å². The van der Waals surface area contributed by atoms with Crippen molar-refractivity contribution in [3.8, 4) is 10.8 Å². The first-order chi connectivity index (χ1) is 11.1. The second-order valence-corrected chi connectivity index (χ2v) is 5.67. The van der Waals surface area contributed by atoms with Crippen molar-refractivity contribution >= 4 is 23.1 Å². The smallest absolute Gasteiger partial charge is 0.256 e. The monoisotopic (exact) mass is 326 g/mol. The van der Waals surface area contributed by atoms with E-state index in [0.29, 0.717) is 17.4 Å². The molecule has 0 saturated carbocycles. The molecule has 23 heavy (non-hydrogen) atoms. The van der Waals surface area contributed by atoms with Crippen LogP contribution in [0.1, 0.15) is 21.6 Å². The number of rotatable bonds is 4. The van der Waals surface area contributed by atoms with Crippen molar-refractivity contribution in [2.45, 2.75) is 13.5 Å². The van der Waals surface area contributed by atoms with Crippen LogP contribution in [-0.4, -0.2) is 25.8 Å². The van der Waals surface area contributed by atoms with Crippen LogP contribution in [0, 0.1) is 6.92 Å². The van der Waals surface area contributed by atoms with Crippen molar-refractivity contribution in [1.29, 1.82) is 0 Å². The number of thiazole rings is 1. The van der Waals surface area contributed by atoms with Gasteiger partial charge >= 0.3 is 0 Å². The first-order valence-corrected chi connectivity index (χ1v) is 7.74. The Morgan fingerprint density at radius 3 is 2.87 bits per heavy atom. The number of nitrogens with one attached hydrogen (secondary N) is 1. The zero-order valence-corrected chi connectivity index (χ0v) is 13.2. The van der Waals surface area contributed by atoms with Crippen LogP contribution in [0.3, 0.4) is 0 Å². The largest absolute Gasteiger partial charge is 0.383 e. The molecule has 0 radical (unpaired) electrons. The van der Waals surface area contributed by atoms with Crippen molar-refractivity contribution in [2.24, 2.45) is 0 Å². The molecule has 3 aromatic heterocycles. The lowest BCUT2D eigenvalue weighted by atomic mass is 10.2. The van der Waals surface area contributed by atoms with Gasteiger partial charge in [0, 0.05) is 24.0 Å². The maximum Gasteiger partial charge on any atom is 0.256 e. The normalized spacial score (nSPS) is 10.5. The summed E-state index contributed by atoms with van der Waals surface area (Å²) in [6.07, 6.45) is 4.77. The molecule has 0 bridgehead atoms. The van der Waals surface area contributed by atoms with E-state index < -0.39 is 0 Å². The Balaban J connectivity index is 1.74. The highest BCUT2D eigenvalue weighted by Crippen LogP contribution is 2.19. The topological polar surface area (TPSA) is 107 Å². The molecule has 0 atom stereocenters. The SMILES string of the molecule is Cc1cccnc1CNC(=O)c1cnc(-c2nccs2)nc1N. The Hall–Kier alpha value is -2.87. The predicted molar refractivity (Wildman–Crippen MR) is 87.7 cm³/mol. The molecule has 0 spiro atoms. The van der Waals surface area contributed by atoms with Gasteiger partial charge < -0.3 is 11.1 Å². The second-order valence-electron chi connectivity index (χ2n) is 4.78. The van der Waals surface area contributed by atoms with E-state index in [1.807, 2.05) is 24.4 Å². The third-order valence-electron chi connectivity index (χ3n) is 3.22. The molecule has 3 N–H and O–H groups in total. The number of hydrogen-bond donors (Lipinski definition) is 2. The first kappa shape index (κ1) is 15.0. The van der Waals surface area contributed by atoms with Crippen molar-refractivity contribution in [3.05, 3.63) is 52.9 Å². The predicted octanol–water partition coefficient (Wildman–Crippen LogP) is 1.82. The third kappa shape index (κ3) is 3.32. The fraction of sp³-hybridized carbons (Fsp3) is 0.133. The molecule has 1 amide bonds. The van der Waals surface area contributed by atoms with Crippen LogP contribution >= 0.6 is 11.3 Å². The van der Waals surface area contributed by atoms with Gasteiger partial charge in [0.15, 0.2) is 10.8 Å². The highest BCUT2D eigenvalue weighted by Gasteiger charge is 2.14. The molecule has 0 saturated heterocycles. The number of amides is 1. The molecule has 8 heteroatoms. The lowest BCUT2D eigenvalue weighted by Crippen LogP contribution is -2.25. The van der Waals surface area contributed by atoms with Crippen molar-refractivity contribution in [2.75, 3.05) is 5.73 Å². The van der Waals surface area contributed by atoms with E-state index in [1.54, 1.807) is 12.4 Å². The molecule has 116 valence electrons. The summed E-state index contributed by atoms with van der Waals surface area (Å²) in [6.45, 7) is 2.26. The van der Waals surface area contributed by atoms with E-state index in [0.717, 1.165) is 11.3 Å². The molecule has 0 aliphatic heterocycles. The summed E-state index contributed by atoms with van der Waals surface area (Å²) < 4.78 is 0. The van der Waals surface area contributed by atoms with E-state index in [9.17, 15) is 4.79 Å². The minimum absolute atomic E-state index is 0.125. The third-order valence-corrected chi connectivity index (χ3v) is 3.99. The van der Waals surface area contributed by atoms with Gasteiger partial charge in [-0.1, -0.05) is 6.07 Å². The van der Waals surface area contributed by atoms with Crippen LogP contribution in [0.25, 0.3) is 10.8 Å². The van der Waals surface area contributed by atoms with Gasteiger partial charge in [-0.05, 0) is 18.6 Å². The maximum atomic E-state index is 12.2. The number of nitrogens with zero attached hydrogens (tertiary/aromatic N) is 4. The van der Waals surface area contributed by atoms with Crippen LogP contribution in [0.5, 0.6) is 0 Å². The number of nitrogen functional groups attached to an aromatic ring is 1. The van der Waals surface area contributed by atoms with Gasteiger partial charge in [0.25, 0.3) is 5.91 Å². The fourth-order valence-electron chi connectivity index (χ4n) is 1.97. The van der Waals surface area contributed by atoms with Crippen LogP contribution in [-0.2, 0) is 6.54 Å². The number of aromatic nitrogens is 4. The van der Waals surface area contributed by atoms with Crippen molar-refractivity contribution < 1.29 is 4.79 Å². The number of anilines is 1. The minimum Gasteiger partial charge on any atom is -0.383 e. The zero-order chi connectivity index (χ0) is 16.2. The molecule has 0 aromatic carbocycles. The van der Waals surface area contributed by atoms with E-state index in [-0.39, 0.29) is 17.3 Å². The van der Waals surface area contributed by atoms with Crippen LogP contribution in [0.2, 0.25) is 0 Å². The Labute approximate surface area is 136 Å². The zero-order valence-electron chi connectivity index (χ0n) is 12.4.